The summed E-state index contributed by atoms with van der Waals surface area (Å²) in [4.78, 5) is 10.9. The lowest BCUT2D eigenvalue weighted by Gasteiger charge is -2.02. The minimum atomic E-state index is 0.0928. The van der Waals surface area contributed by atoms with E-state index in [4.69, 9.17) is 0 Å². The van der Waals surface area contributed by atoms with Gasteiger partial charge < -0.3 is 5.32 Å². The van der Waals surface area contributed by atoms with Gasteiger partial charge in [0, 0.05) is 17.8 Å². The van der Waals surface area contributed by atoms with E-state index in [-0.39, 0.29) is 5.78 Å². The number of hydrogen-bond donors (Lipinski definition) is 1. The topological polar surface area (TPSA) is 29.1 Å². The fraction of sp³-hybridized carbons (Fsp3) is 0.182. The Balaban J connectivity index is 2.69. The first-order chi connectivity index (χ1) is 6.24. The van der Waals surface area contributed by atoms with Crippen LogP contribution in [0.3, 0.4) is 0 Å². The van der Waals surface area contributed by atoms with Gasteiger partial charge in [0.15, 0.2) is 5.78 Å². The van der Waals surface area contributed by atoms with Crippen LogP contribution in [-0.4, -0.2) is 12.3 Å². The van der Waals surface area contributed by atoms with E-state index in [0.717, 1.165) is 17.8 Å². The number of ketones is 1. The third-order valence-corrected chi connectivity index (χ3v) is 1.74. The number of Topliss-reactive ketones (excluding diaryl/α,β-unsaturated/α-hetero) is 1. The molecule has 1 N–H and O–H groups in total. The Kier molecular flexibility index (Phi) is 3.26. The molecule has 0 heterocycles. The van der Waals surface area contributed by atoms with Gasteiger partial charge in [-0.05, 0) is 31.2 Å². The van der Waals surface area contributed by atoms with Gasteiger partial charge in [-0.15, -0.1) is 6.58 Å². The Bertz CT molecular complexity index is 300. The third-order valence-electron chi connectivity index (χ3n) is 1.74. The standard InChI is InChI=1S/C11H13NO/c1-3-8-12-11-6-4-10(5-7-11)9(2)13/h3-7,12H,1,8H2,2H3. The Hall–Kier alpha value is -1.57. The van der Waals surface area contributed by atoms with Crippen molar-refractivity contribution in [2.75, 3.05) is 11.9 Å². The van der Waals surface area contributed by atoms with Crippen LogP contribution >= 0.6 is 0 Å². The summed E-state index contributed by atoms with van der Waals surface area (Å²) < 4.78 is 0. The Morgan fingerprint density at radius 2 is 2.08 bits per heavy atom. The molecule has 1 aromatic carbocycles. The predicted molar refractivity (Wildman–Crippen MR) is 55.1 cm³/mol. The molecule has 0 aliphatic carbocycles. The van der Waals surface area contributed by atoms with Gasteiger partial charge in [-0.25, -0.2) is 0 Å². The molecule has 0 amide bonds. The maximum absolute atomic E-state index is 10.9. The van der Waals surface area contributed by atoms with Crippen molar-refractivity contribution in [1.82, 2.24) is 0 Å². The van der Waals surface area contributed by atoms with Crippen LogP contribution in [0, 0.1) is 0 Å². The molecule has 0 atom stereocenters. The van der Waals surface area contributed by atoms with E-state index in [0.29, 0.717) is 0 Å². The molecule has 1 rings (SSSR count). The van der Waals surface area contributed by atoms with Crippen LogP contribution in [0.4, 0.5) is 5.69 Å². The van der Waals surface area contributed by atoms with Gasteiger partial charge in [-0.3, -0.25) is 4.79 Å². The van der Waals surface area contributed by atoms with Gasteiger partial charge >= 0.3 is 0 Å². The number of rotatable bonds is 4. The summed E-state index contributed by atoms with van der Waals surface area (Å²) in [6.45, 7) is 5.90. The normalized spacial score (nSPS) is 9.31. The van der Waals surface area contributed by atoms with Crippen LogP contribution in [0.1, 0.15) is 17.3 Å². The lowest BCUT2D eigenvalue weighted by Crippen LogP contribution is -1.98. The summed E-state index contributed by atoms with van der Waals surface area (Å²) in [5, 5.41) is 3.13. The van der Waals surface area contributed by atoms with E-state index < -0.39 is 0 Å². The van der Waals surface area contributed by atoms with E-state index in [1.54, 1.807) is 13.0 Å². The number of carbonyl (C=O) groups is 1. The van der Waals surface area contributed by atoms with Crippen molar-refractivity contribution >= 4 is 11.5 Å². The van der Waals surface area contributed by atoms with E-state index >= 15 is 0 Å². The highest BCUT2D eigenvalue weighted by Gasteiger charge is 1.97. The van der Waals surface area contributed by atoms with Crippen molar-refractivity contribution in [3.8, 4) is 0 Å². The van der Waals surface area contributed by atoms with E-state index in [2.05, 4.69) is 11.9 Å². The lowest BCUT2D eigenvalue weighted by atomic mass is 10.1. The van der Waals surface area contributed by atoms with Gasteiger partial charge in [0.25, 0.3) is 0 Å². The number of nitrogens with one attached hydrogen (secondary N) is 1. The molecule has 68 valence electrons. The quantitative estimate of drug-likeness (QED) is 0.562. The second-order valence-electron chi connectivity index (χ2n) is 2.80. The lowest BCUT2D eigenvalue weighted by molar-refractivity contribution is 0.101. The molecule has 0 radical (unpaired) electrons. The van der Waals surface area contributed by atoms with Crippen molar-refractivity contribution < 1.29 is 4.79 Å². The predicted octanol–water partition coefficient (Wildman–Crippen LogP) is 2.49. The largest absolute Gasteiger partial charge is 0.382 e. The molecule has 1 aromatic rings. The first-order valence-corrected chi connectivity index (χ1v) is 4.20. The van der Waals surface area contributed by atoms with E-state index in [1.165, 1.54) is 0 Å². The SMILES string of the molecule is C=CCNc1ccc(C(C)=O)cc1. The molecule has 2 heteroatoms. The first-order valence-electron chi connectivity index (χ1n) is 4.20. The molecule has 0 fully saturated rings. The van der Waals surface area contributed by atoms with Crippen LogP contribution in [0.15, 0.2) is 36.9 Å². The molecule has 0 saturated heterocycles. The average molecular weight is 175 g/mol. The maximum atomic E-state index is 10.9. The van der Waals surface area contributed by atoms with Crippen LogP contribution in [-0.2, 0) is 0 Å². The monoisotopic (exact) mass is 175 g/mol. The molecule has 0 saturated carbocycles. The first kappa shape index (κ1) is 9.52. The number of anilines is 1. The molecular formula is C11H13NO. The average Bonchev–Trinajstić information content (AvgIpc) is 2.15. The molecule has 0 aliphatic heterocycles. The van der Waals surface area contributed by atoms with Crippen LogP contribution < -0.4 is 5.32 Å². The van der Waals surface area contributed by atoms with Crippen molar-refractivity contribution in [2.45, 2.75) is 6.92 Å². The maximum Gasteiger partial charge on any atom is 0.159 e. The zero-order chi connectivity index (χ0) is 9.68. The van der Waals surface area contributed by atoms with E-state index in [9.17, 15) is 4.79 Å². The van der Waals surface area contributed by atoms with Crippen molar-refractivity contribution in [1.29, 1.82) is 0 Å². The van der Waals surface area contributed by atoms with Gasteiger partial charge in [0.05, 0.1) is 0 Å². The molecule has 0 unspecified atom stereocenters. The molecule has 2 nitrogen and oxygen atoms in total. The molecule has 0 aliphatic rings. The summed E-state index contributed by atoms with van der Waals surface area (Å²) >= 11 is 0. The molecule has 13 heavy (non-hydrogen) atoms. The number of benzene rings is 1. The summed E-state index contributed by atoms with van der Waals surface area (Å²) in [7, 11) is 0. The van der Waals surface area contributed by atoms with Gasteiger partial charge in [0.2, 0.25) is 0 Å². The highest BCUT2D eigenvalue weighted by atomic mass is 16.1. The van der Waals surface area contributed by atoms with Gasteiger partial charge in [0.1, 0.15) is 0 Å². The number of carbonyl (C=O) groups excluding carboxylic acids is 1. The molecule has 0 aromatic heterocycles. The fourth-order valence-corrected chi connectivity index (χ4v) is 1.01. The van der Waals surface area contributed by atoms with Crippen LogP contribution in [0.2, 0.25) is 0 Å². The van der Waals surface area contributed by atoms with Crippen LogP contribution in [0.25, 0.3) is 0 Å². The minimum absolute atomic E-state index is 0.0928. The second kappa shape index (κ2) is 4.45. The fourth-order valence-electron chi connectivity index (χ4n) is 1.01. The highest BCUT2D eigenvalue weighted by molar-refractivity contribution is 5.94. The molecule has 0 bridgehead atoms. The third kappa shape index (κ3) is 2.75. The zero-order valence-corrected chi connectivity index (χ0v) is 7.71. The van der Waals surface area contributed by atoms with Crippen molar-refractivity contribution in [2.24, 2.45) is 0 Å². The zero-order valence-electron chi connectivity index (χ0n) is 7.71. The molecule has 0 spiro atoms. The Morgan fingerprint density at radius 3 is 2.54 bits per heavy atom. The Morgan fingerprint density at radius 1 is 1.46 bits per heavy atom. The smallest absolute Gasteiger partial charge is 0.159 e. The second-order valence-corrected chi connectivity index (χ2v) is 2.80. The number of hydrogen-bond acceptors (Lipinski definition) is 2. The van der Waals surface area contributed by atoms with Gasteiger partial charge in [-0.2, -0.15) is 0 Å². The van der Waals surface area contributed by atoms with Crippen molar-refractivity contribution in [3.05, 3.63) is 42.5 Å². The van der Waals surface area contributed by atoms with Crippen LogP contribution in [0.5, 0.6) is 0 Å². The van der Waals surface area contributed by atoms with E-state index in [1.807, 2.05) is 24.3 Å². The van der Waals surface area contributed by atoms with Gasteiger partial charge in [-0.1, -0.05) is 6.08 Å². The Labute approximate surface area is 78.3 Å². The van der Waals surface area contributed by atoms with Crippen molar-refractivity contribution in [3.63, 3.8) is 0 Å². The summed E-state index contributed by atoms with van der Waals surface area (Å²) in [6.07, 6.45) is 1.79. The summed E-state index contributed by atoms with van der Waals surface area (Å²) in [5.74, 6) is 0.0928. The summed E-state index contributed by atoms with van der Waals surface area (Å²) in [5.41, 5.74) is 1.74. The minimum Gasteiger partial charge on any atom is -0.382 e. The summed E-state index contributed by atoms with van der Waals surface area (Å²) in [6, 6.07) is 7.40. The highest BCUT2D eigenvalue weighted by Crippen LogP contribution is 2.09. The molecular weight excluding hydrogens is 162 g/mol.